The molecule has 0 amide bonds. The average molecular weight is 275 g/mol. The van der Waals surface area contributed by atoms with Crippen LogP contribution in [0.5, 0.6) is 0 Å². The van der Waals surface area contributed by atoms with Crippen molar-refractivity contribution in [3.8, 4) is 11.8 Å². The molecule has 0 atom stereocenters. The fourth-order valence-corrected chi connectivity index (χ4v) is 2.41. The molecule has 4 heteroatoms. The van der Waals surface area contributed by atoms with E-state index in [1.54, 1.807) is 0 Å². The Morgan fingerprint density at radius 1 is 1.20 bits per heavy atom. The highest BCUT2D eigenvalue weighted by molar-refractivity contribution is 5.37. The first-order valence-corrected chi connectivity index (χ1v) is 7.15. The monoisotopic (exact) mass is 275 g/mol. The van der Waals surface area contributed by atoms with Gasteiger partial charge in [0.1, 0.15) is 5.82 Å². The van der Waals surface area contributed by atoms with Crippen LogP contribution in [-0.2, 0) is 6.54 Å². The number of halogens is 1. The number of hydrogen-bond donors (Lipinski definition) is 1. The summed E-state index contributed by atoms with van der Waals surface area (Å²) in [4.78, 5) is 4.72. The lowest BCUT2D eigenvalue weighted by atomic mass is 10.1. The van der Waals surface area contributed by atoms with E-state index in [4.69, 9.17) is 5.73 Å². The molecule has 0 radical (unpaired) electrons. The molecule has 108 valence electrons. The van der Waals surface area contributed by atoms with Crippen molar-refractivity contribution in [2.75, 3.05) is 39.3 Å². The van der Waals surface area contributed by atoms with E-state index in [1.165, 1.54) is 6.07 Å². The molecule has 1 aliphatic heterocycles. The first-order valence-electron chi connectivity index (χ1n) is 7.15. The van der Waals surface area contributed by atoms with Gasteiger partial charge < -0.3 is 10.6 Å². The van der Waals surface area contributed by atoms with Gasteiger partial charge in [-0.1, -0.05) is 24.8 Å². The molecule has 0 unspecified atom stereocenters. The van der Waals surface area contributed by atoms with E-state index in [0.29, 0.717) is 18.7 Å². The summed E-state index contributed by atoms with van der Waals surface area (Å²) < 4.78 is 14.0. The minimum absolute atomic E-state index is 0.174. The Bertz CT molecular complexity index is 496. The summed E-state index contributed by atoms with van der Waals surface area (Å²) in [6.45, 7) is 8.38. The Hall–Kier alpha value is -1.41. The zero-order valence-corrected chi connectivity index (χ0v) is 12.0. The maximum Gasteiger partial charge on any atom is 0.128 e. The molecule has 1 aliphatic rings. The second-order valence-corrected chi connectivity index (χ2v) is 5.02. The Balaban J connectivity index is 1.96. The summed E-state index contributed by atoms with van der Waals surface area (Å²) in [5.74, 6) is 5.42. The van der Waals surface area contributed by atoms with Crippen molar-refractivity contribution in [3.05, 3.63) is 35.1 Å². The van der Waals surface area contributed by atoms with Gasteiger partial charge in [-0.3, -0.25) is 4.90 Å². The second kappa shape index (κ2) is 7.39. The molecule has 0 spiro atoms. The van der Waals surface area contributed by atoms with E-state index in [2.05, 4.69) is 28.6 Å². The Morgan fingerprint density at radius 2 is 1.90 bits per heavy atom. The lowest BCUT2D eigenvalue weighted by Gasteiger charge is -2.34. The van der Waals surface area contributed by atoms with Gasteiger partial charge in [0, 0.05) is 43.9 Å². The van der Waals surface area contributed by atoms with Gasteiger partial charge in [-0.25, -0.2) is 4.39 Å². The van der Waals surface area contributed by atoms with Crippen molar-refractivity contribution in [3.63, 3.8) is 0 Å². The zero-order valence-electron chi connectivity index (χ0n) is 12.0. The van der Waals surface area contributed by atoms with Crippen molar-refractivity contribution in [2.24, 2.45) is 5.73 Å². The van der Waals surface area contributed by atoms with Crippen molar-refractivity contribution < 1.29 is 4.39 Å². The van der Waals surface area contributed by atoms with Crippen molar-refractivity contribution in [1.29, 1.82) is 0 Å². The zero-order chi connectivity index (χ0) is 14.4. The molecule has 2 rings (SSSR count). The number of rotatable bonds is 3. The molecule has 0 saturated carbocycles. The highest BCUT2D eigenvalue weighted by Gasteiger charge is 2.16. The van der Waals surface area contributed by atoms with Crippen molar-refractivity contribution in [2.45, 2.75) is 13.5 Å². The van der Waals surface area contributed by atoms with Crippen LogP contribution in [0.1, 0.15) is 18.1 Å². The summed E-state index contributed by atoms with van der Waals surface area (Å²) >= 11 is 0. The van der Waals surface area contributed by atoms with E-state index in [0.717, 1.165) is 38.3 Å². The number of likely N-dealkylation sites (N-methyl/N-ethyl adjacent to an activating group) is 1. The van der Waals surface area contributed by atoms with Gasteiger partial charge in [0.25, 0.3) is 0 Å². The van der Waals surface area contributed by atoms with Crippen LogP contribution in [0, 0.1) is 17.7 Å². The molecule has 1 heterocycles. The van der Waals surface area contributed by atoms with Gasteiger partial charge in [-0.2, -0.15) is 0 Å². The summed E-state index contributed by atoms with van der Waals surface area (Å²) in [7, 11) is 0. The molecule has 1 aromatic carbocycles. The van der Waals surface area contributed by atoms with E-state index < -0.39 is 0 Å². The molecular formula is C16H22FN3. The summed E-state index contributed by atoms with van der Waals surface area (Å²) in [5, 5.41) is 0. The lowest BCUT2D eigenvalue weighted by molar-refractivity contribution is 0.131. The van der Waals surface area contributed by atoms with Crippen molar-refractivity contribution in [1.82, 2.24) is 9.80 Å². The smallest absolute Gasteiger partial charge is 0.128 e. The minimum Gasteiger partial charge on any atom is -0.320 e. The van der Waals surface area contributed by atoms with E-state index in [9.17, 15) is 4.39 Å². The highest BCUT2D eigenvalue weighted by Crippen LogP contribution is 2.14. The molecule has 2 N–H and O–H groups in total. The number of nitrogens with two attached hydrogens (primary N) is 1. The summed E-state index contributed by atoms with van der Waals surface area (Å²) in [6.07, 6.45) is 0. The van der Waals surface area contributed by atoms with E-state index in [1.807, 2.05) is 12.1 Å². The van der Waals surface area contributed by atoms with Gasteiger partial charge >= 0.3 is 0 Å². The maximum atomic E-state index is 14.0. The topological polar surface area (TPSA) is 32.5 Å². The Labute approximate surface area is 120 Å². The van der Waals surface area contributed by atoms with Crippen LogP contribution in [0.25, 0.3) is 0 Å². The van der Waals surface area contributed by atoms with Crippen LogP contribution in [0.3, 0.4) is 0 Å². The molecule has 1 fully saturated rings. The average Bonchev–Trinajstić information content (AvgIpc) is 2.48. The Kier molecular flexibility index (Phi) is 5.54. The minimum atomic E-state index is -0.174. The van der Waals surface area contributed by atoms with Crippen molar-refractivity contribution >= 4 is 0 Å². The number of hydrogen-bond acceptors (Lipinski definition) is 3. The molecule has 1 aromatic rings. The molecule has 0 bridgehead atoms. The number of nitrogens with zero attached hydrogens (tertiary/aromatic N) is 2. The third-order valence-corrected chi connectivity index (χ3v) is 3.69. The standard InChI is InChI=1S/C16H22FN3/c1-2-19-8-10-20(11-9-19)13-15-6-5-14(4-3-7-18)12-16(15)17/h5-6,12H,2,7-11,13,18H2,1H3. The molecule has 20 heavy (non-hydrogen) atoms. The third-order valence-electron chi connectivity index (χ3n) is 3.69. The first kappa shape index (κ1) is 15.0. The molecule has 0 aliphatic carbocycles. The van der Waals surface area contributed by atoms with Gasteiger partial charge in [0.2, 0.25) is 0 Å². The van der Waals surface area contributed by atoms with Gasteiger partial charge in [0.05, 0.1) is 6.54 Å². The number of piperazine rings is 1. The van der Waals surface area contributed by atoms with Crippen LogP contribution in [-0.4, -0.2) is 49.1 Å². The van der Waals surface area contributed by atoms with Gasteiger partial charge in [0.15, 0.2) is 0 Å². The van der Waals surface area contributed by atoms with Gasteiger partial charge in [-0.15, -0.1) is 0 Å². The molecular weight excluding hydrogens is 253 g/mol. The second-order valence-electron chi connectivity index (χ2n) is 5.02. The maximum absolute atomic E-state index is 14.0. The quantitative estimate of drug-likeness (QED) is 0.843. The van der Waals surface area contributed by atoms with Crippen LogP contribution in [0.4, 0.5) is 4.39 Å². The van der Waals surface area contributed by atoms with E-state index in [-0.39, 0.29) is 5.82 Å². The Morgan fingerprint density at radius 3 is 2.50 bits per heavy atom. The normalized spacial score (nSPS) is 16.8. The number of benzene rings is 1. The molecule has 3 nitrogen and oxygen atoms in total. The molecule has 1 saturated heterocycles. The van der Waals surface area contributed by atoms with Crippen LogP contribution >= 0.6 is 0 Å². The predicted octanol–water partition coefficient (Wildman–Crippen LogP) is 1.27. The SMILES string of the molecule is CCN1CCN(Cc2ccc(C#CCN)cc2F)CC1. The van der Waals surface area contributed by atoms with E-state index >= 15 is 0 Å². The summed E-state index contributed by atoms with van der Waals surface area (Å²) in [5.41, 5.74) is 6.74. The fourth-order valence-electron chi connectivity index (χ4n) is 2.41. The molecule has 0 aromatic heterocycles. The largest absolute Gasteiger partial charge is 0.320 e. The van der Waals surface area contributed by atoms with Crippen LogP contribution in [0.15, 0.2) is 18.2 Å². The highest BCUT2D eigenvalue weighted by atomic mass is 19.1. The summed E-state index contributed by atoms with van der Waals surface area (Å²) in [6, 6.07) is 5.20. The fraction of sp³-hybridized carbons (Fsp3) is 0.500. The first-order chi connectivity index (χ1) is 9.72. The predicted molar refractivity (Wildman–Crippen MR) is 79.7 cm³/mol. The van der Waals surface area contributed by atoms with Crippen LogP contribution in [0.2, 0.25) is 0 Å². The lowest BCUT2D eigenvalue weighted by Crippen LogP contribution is -2.45. The van der Waals surface area contributed by atoms with Gasteiger partial charge in [-0.05, 0) is 18.7 Å². The third kappa shape index (κ3) is 4.04. The van der Waals surface area contributed by atoms with Crippen LogP contribution < -0.4 is 5.73 Å².